The quantitative estimate of drug-likeness (QED) is 0.481. The van der Waals surface area contributed by atoms with E-state index in [9.17, 15) is 0 Å². The summed E-state index contributed by atoms with van der Waals surface area (Å²) in [5, 5.41) is 0. The Morgan fingerprint density at radius 2 is 0.474 bits per heavy atom. The second kappa shape index (κ2) is 8.46. The molecule has 0 saturated carbocycles. The smallest absolute Gasteiger partial charge is 2.00 e. The summed E-state index contributed by atoms with van der Waals surface area (Å²) in [7, 11) is 0. The minimum atomic E-state index is 0. The monoisotopic (exact) mass is 298 g/mol. The molecule has 0 aliphatic rings. The maximum atomic E-state index is 2.33. The van der Waals surface area contributed by atoms with Crippen molar-refractivity contribution in [2.45, 2.75) is 100 Å². The van der Waals surface area contributed by atoms with E-state index in [1.807, 2.05) is 0 Å². The van der Waals surface area contributed by atoms with Crippen molar-refractivity contribution in [2.75, 3.05) is 0 Å². The normalized spacial score (nSPS) is 12.4. The molecule has 1 nitrogen and oxygen atoms in total. The Kier molecular flexibility index (Phi) is 11.1. The molecule has 0 aromatic carbocycles. The predicted octanol–water partition coefficient (Wildman–Crippen LogP) is 6.14. The van der Waals surface area contributed by atoms with Crippen LogP contribution in [-0.2, 0) is 5.48 Å². The van der Waals surface area contributed by atoms with Crippen molar-refractivity contribution in [3.63, 3.8) is 0 Å². The molecule has 0 saturated heterocycles. The van der Waals surface area contributed by atoms with Crippen LogP contribution in [0.15, 0.2) is 0 Å². The summed E-state index contributed by atoms with van der Waals surface area (Å²) in [6.45, 7) is 27.9. The summed E-state index contributed by atoms with van der Waals surface area (Å²) in [5.74, 6) is 0. The molecular formula is C16H36Al2O. The van der Waals surface area contributed by atoms with Gasteiger partial charge in [0.25, 0.3) is 0 Å². The summed E-state index contributed by atoms with van der Waals surface area (Å²) < 4.78 is 2.27. The minimum absolute atomic E-state index is 0. The molecule has 0 aliphatic carbocycles. The van der Waals surface area contributed by atoms with Gasteiger partial charge in [-0.05, 0) is 0 Å². The van der Waals surface area contributed by atoms with E-state index in [0.29, 0.717) is 47.5 Å². The van der Waals surface area contributed by atoms with Gasteiger partial charge in [0.05, 0.1) is 0 Å². The number of rotatable bonds is 0. The molecule has 3 heteroatoms. The van der Waals surface area contributed by atoms with E-state index in [-0.39, 0.29) is 5.48 Å². The average Bonchev–Trinajstić information content (AvgIpc) is 1.64. The minimum Gasteiger partial charge on any atom is -2.00 e. The summed E-state index contributed by atoms with van der Waals surface area (Å²) in [6, 6.07) is 0. The van der Waals surface area contributed by atoms with Gasteiger partial charge in [0.15, 0.2) is 0 Å². The van der Waals surface area contributed by atoms with Gasteiger partial charge in [0.2, 0.25) is 0 Å². The molecule has 0 aromatic heterocycles. The van der Waals surface area contributed by atoms with E-state index < -0.39 is 0 Å². The Bertz CT molecular complexity index is 171. The first-order chi connectivity index (χ1) is 7.41. The Morgan fingerprint density at radius 3 is 0.474 bits per heavy atom. The summed E-state index contributed by atoms with van der Waals surface area (Å²) >= 11 is 1.14. The summed E-state index contributed by atoms with van der Waals surface area (Å²) in [5.41, 5.74) is 0. The molecule has 0 N–H and O–H groups in total. The maximum absolute atomic E-state index is 2.33. The zero-order valence-corrected chi connectivity index (χ0v) is 17.9. The first-order valence-corrected chi connectivity index (χ1v) is 9.46. The van der Waals surface area contributed by atoms with E-state index in [1.54, 1.807) is 0 Å². The standard InChI is InChI=1S/4C4H9.2Al.O/c4*1-4(2)3;;;/h4*1-3H3;;;/q;;;;2*+1;-2. The van der Waals surface area contributed by atoms with Crippen LogP contribution in [0.25, 0.3) is 0 Å². The summed E-state index contributed by atoms with van der Waals surface area (Å²) in [4.78, 5) is 0. The molecule has 0 aliphatic heterocycles. The van der Waals surface area contributed by atoms with Gasteiger partial charge in [-0.25, -0.2) is 0 Å². The largest absolute Gasteiger partial charge is 2.00 e. The molecule has 0 rings (SSSR count). The van der Waals surface area contributed by atoms with E-state index in [0.717, 1.165) is 0 Å². The van der Waals surface area contributed by atoms with Crippen molar-refractivity contribution >= 4 is 30.4 Å². The Morgan fingerprint density at radius 1 is 0.368 bits per heavy atom. The van der Waals surface area contributed by atoms with Crippen LogP contribution in [0, 0.1) is 0 Å². The molecular weight excluding hydrogens is 262 g/mol. The van der Waals surface area contributed by atoms with Gasteiger partial charge in [-0.1, -0.05) is 0 Å². The van der Waals surface area contributed by atoms with Crippen molar-refractivity contribution < 1.29 is 5.48 Å². The Hall–Kier alpha value is 1.02. The van der Waals surface area contributed by atoms with Crippen molar-refractivity contribution in [3.05, 3.63) is 0 Å². The number of hydrogen-bond acceptors (Lipinski definition) is 0. The molecule has 0 spiro atoms. The molecule has 0 unspecified atom stereocenters. The van der Waals surface area contributed by atoms with Gasteiger partial charge >= 0.3 is 131 Å². The van der Waals surface area contributed by atoms with E-state index in [1.165, 1.54) is 0 Å². The Balaban J connectivity index is -0.000000256. The van der Waals surface area contributed by atoms with Crippen LogP contribution in [0.4, 0.5) is 0 Å². The van der Waals surface area contributed by atoms with Crippen LogP contribution >= 0.6 is 0 Å². The zero-order chi connectivity index (χ0) is 15.4. The van der Waals surface area contributed by atoms with Gasteiger partial charge in [0.1, 0.15) is 0 Å². The third-order valence-electron chi connectivity index (χ3n) is 1.73. The van der Waals surface area contributed by atoms with Crippen LogP contribution in [0.2, 0.25) is 17.1 Å². The van der Waals surface area contributed by atoms with Crippen LogP contribution in [0.5, 0.6) is 0 Å². The van der Waals surface area contributed by atoms with E-state index in [4.69, 9.17) is 0 Å². The fourth-order valence-electron chi connectivity index (χ4n) is 2.60. The first-order valence-electron chi connectivity index (χ1n) is 7.15. The van der Waals surface area contributed by atoms with Gasteiger partial charge in [-0.3, -0.25) is 0 Å². The molecule has 0 heterocycles. The second-order valence-electron chi connectivity index (χ2n) is 9.75. The molecule has 19 heavy (non-hydrogen) atoms. The van der Waals surface area contributed by atoms with Crippen molar-refractivity contribution in [3.8, 4) is 0 Å². The third kappa shape index (κ3) is 32.5. The predicted molar refractivity (Wildman–Crippen MR) is 91.1 cm³/mol. The van der Waals surface area contributed by atoms with Crippen molar-refractivity contribution in [1.29, 1.82) is 0 Å². The molecule has 0 fully saturated rings. The molecule has 0 amide bonds. The fourth-order valence-corrected chi connectivity index (χ4v) is 7.79. The van der Waals surface area contributed by atoms with Crippen molar-refractivity contribution in [1.82, 2.24) is 0 Å². The molecule has 0 bridgehead atoms. The second-order valence-corrected chi connectivity index (χ2v) is 17.3. The Labute approximate surface area is 136 Å². The molecule has 0 radical (unpaired) electrons. The van der Waals surface area contributed by atoms with Crippen LogP contribution in [-0.4, -0.2) is 30.4 Å². The molecule has 0 aromatic rings. The van der Waals surface area contributed by atoms with Gasteiger partial charge in [0, 0.05) is 0 Å². The maximum Gasteiger partial charge on any atom is -2.00 e. The van der Waals surface area contributed by atoms with Gasteiger partial charge < -0.3 is 5.48 Å². The SMILES string of the molecule is C[C](C)(C)[Al+][C](C)(C)C.C[C](C)(C)[Al+][C](C)(C)C.[O-2]. The van der Waals surface area contributed by atoms with E-state index >= 15 is 0 Å². The van der Waals surface area contributed by atoms with Gasteiger partial charge in [-0.2, -0.15) is 0 Å². The third-order valence-corrected chi connectivity index (χ3v) is 5.20. The first kappa shape index (κ1) is 25.0. The average molecular weight is 298 g/mol. The summed E-state index contributed by atoms with van der Waals surface area (Å²) in [6.07, 6.45) is 0. The molecule has 112 valence electrons. The fraction of sp³-hybridized carbons (Fsp3) is 1.00. The number of hydrogen-bond donors (Lipinski definition) is 0. The van der Waals surface area contributed by atoms with Crippen LogP contribution < -0.4 is 0 Å². The van der Waals surface area contributed by atoms with Crippen LogP contribution in [0.3, 0.4) is 0 Å². The topological polar surface area (TPSA) is 28.5 Å². The van der Waals surface area contributed by atoms with E-state index in [2.05, 4.69) is 83.1 Å². The zero-order valence-electron chi connectivity index (χ0n) is 15.6. The van der Waals surface area contributed by atoms with Crippen molar-refractivity contribution in [2.24, 2.45) is 0 Å². The van der Waals surface area contributed by atoms with Gasteiger partial charge in [-0.15, -0.1) is 0 Å². The van der Waals surface area contributed by atoms with Crippen LogP contribution in [0.1, 0.15) is 83.1 Å². The molecule has 0 atom stereocenters.